The minimum absolute atomic E-state index is 0.0292. The fourth-order valence-corrected chi connectivity index (χ4v) is 5.18. The van der Waals surface area contributed by atoms with Crippen LogP contribution in [0.15, 0.2) is 119 Å². The Morgan fingerprint density at radius 2 is 0.853 bits per heavy atom. The van der Waals surface area contributed by atoms with Gasteiger partial charge in [-0.15, -0.1) is 0 Å². The van der Waals surface area contributed by atoms with Gasteiger partial charge in [-0.2, -0.15) is 0 Å². The summed E-state index contributed by atoms with van der Waals surface area (Å²) in [5.41, 5.74) is 3.56. The van der Waals surface area contributed by atoms with Crippen molar-refractivity contribution < 1.29 is 9.59 Å². The van der Waals surface area contributed by atoms with Gasteiger partial charge in [0.15, 0.2) is 0 Å². The molecule has 2 amide bonds. The van der Waals surface area contributed by atoms with E-state index < -0.39 is 0 Å². The van der Waals surface area contributed by atoms with Crippen molar-refractivity contribution in [2.24, 2.45) is 0 Å². The lowest BCUT2D eigenvalue weighted by Gasteiger charge is -2.07. The van der Waals surface area contributed by atoms with Gasteiger partial charge in [-0.3, -0.25) is 9.59 Å². The van der Waals surface area contributed by atoms with Crippen molar-refractivity contribution in [2.45, 2.75) is 22.6 Å². The van der Waals surface area contributed by atoms with Gasteiger partial charge in [-0.05, 0) is 59.7 Å². The van der Waals surface area contributed by atoms with Gasteiger partial charge in [0.1, 0.15) is 0 Å². The van der Waals surface area contributed by atoms with Crippen LogP contribution in [0.2, 0.25) is 0 Å². The van der Waals surface area contributed by atoms with Gasteiger partial charge < -0.3 is 10.6 Å². The molecule has 6 heteroatoms. The Kier molecular flexibility index (Phi) is 8.43. The largest absolute Gasteiger partial charge is 0.326 e. The van der Waals surface area contributed by atoms with E-state index in [1.165, 1.54) is 0 Å². The van der Waals surface area contributed by atoms with E-state index in [1.54, 1.807) is 21.6 Å². The molecule has 0 aliphatic heterocycles. The van der Waals surface area contributed by atoms with E-state index in [0.29, 0.717) is 12.8 Å². The molecule has 0 aliphatic carbocycles. The summed E-state index contributed by atoms with van der Waals surface area (Å²) in [5, 5.41) is 5.81. The van der Waals surface area contributed by atoms with E-state index in [4.69, 9.17) is 0 Å². The SMILES string of the molecule is O=C(Cc1ccc(SSc2ccc(CC(=O)Nc3ccccc3)cc2)cc1)Nc1ccccc1. The van der Waals surface area contributed by atoms with Crippen molar-refractivity contribution >= 4 is 44.8 Å². The molecule has 0 radical (unpaired) electrons. The number of nitrogens with one attached hydrogen (secondary N) is 2. The van der Waals surface area contributed by atoms with Crippen molar-refractivity contribution in [1.82, 2.24) is 0 Å². The zero-order valence-electron chi connectivity index (χ0n) is 18.4. The van der Waals surface area contributed by atoms with Crippen LogP contribution in [0.3, 0.4) is 0 Å². The summed E-state index contributed by atoms with van der Waals surface area (Å²) in [7, 11) is 3.32. The first-order valence-electron chi connectivity index (χ1n) is 10.9. The second-order valence-electron chi connectivity index (χ2n) is 7.64. The smallest absolute Gasteiger partial charge is 0.228 e. The summed E-state index contributed by atoms with van der Waals surface area (Å²) >= 11 is 0. The van der Waals surface area contributed by atoms with Crippen LogP contribution >= 0.6 is 21.6 Å². The molecule has 0 saturated heterocycles. The van der Waals surface area contributed by atoms with E-state index in [-0.39, 0.29) is 11.8 Å². The quantitative estimate of drug-likeness (QED) is 0.255. The average molecular weight is 485 g/mol. The highest BCUT2D eigenvalue weighted by Crippen LogP contribution is 2.37. The maximum Gasteiger partial charge on any atom is 0.228 e. The number of carbonyl (C=O) groups excluding carboxylic acids is 2. The summed E-state index contributed by atoms with van der Waals surface area (Å²) in [6.07, 6.45) is 0.679. The summed E-state index contributed by atoms with van der Waals surface area (Å²) in [5.74, 6) is -0.0583. The van der Waals surface area contributed by atoms with Crippen LogP contribution in [0.4, 0.5) is 11.4 Å². The van der Waals surface area contributed by atoms with Crippen LogP contribution in [-0.4, -0.2) is 11.8 Å². The van der Waals surface area contributed by atoms with E-state index >= 15 is 0 Å². The molecule has 4 aromatic carbocycles. The van der Waals surface area contributed by atoms with Gasteiger partial charge in [0, 0.05) is 21.2 Å². The minimum atomic E-state index is -0.0292. The molecular formula is C28H24N2O2S2. The Morgan fingerprint density at radius 1 is 0.500 bits per heavy atom. The first-order valence-corrected chi connectivity index (χ1v) is 13.0. The summed E-state index contributed by atoms with van der Waals surface area (Å²) in [6, 6.07) is 35.0. The molecule has 0 unspecified atom stereocenters. The molecule has 0 fully saturated rings. The Balaban J connectivity index is 1.22. The molecule has 0 heterocycles. The lowest BCUT2D eigenvalue weighted by molar-refractivity contribution is -0.116. The van der Waals surface area contributed by atoms with Crippen LogP contribution in [0.25, 0.3) is 0 Å². The molecule has 0 saturated carbocycles. The monoisotopic (exact) mass is 484 g/mol. The number of rotatable bonds is 9. The van der Waals surface area contributed by atoms with Crippen LogP contribution in [0, 0.1) is 0 Å². The highest BCUT2D eigenvalue weighted by atomic mass is 33.1. The van der Waals surface area contributed by atoms with Crippen molar-refractivity contribution in [3.63, 3.8) is 0 Å². The molecule has 4 aromatic rings. The molecule has 0 aliphatic rings. The third kappa shape index (κ3) is 7.54. The number of amides is 2. The maximum atomic E-state index is 12.2. The number of para-hydroxylation sites is 2. The Bertz CT molecular complexity index is 1110. The molecule has 0 bridgehead atoms. The molecule has 2 N–H and O–H groups in total. The Hall–Kier alpha value is -3.48. The number of anilines is 2. The number of hydrogen-bond donors (Lipinski definition) is 2. The van der Waals surface area contributed by atoms with E-state index in [1.807, 2.05) is 109 Å². The molecule has 0 spiro atoms. The first-order chi connectivity index (χ1) is 16.6. The zero-order chi connectivity index (χ0) is 23.6. The number of hydrogen-bond acceptors (Lipinski definition) is 4. The van der Waals surface area contributed by atoms with Gasteiger partial charge >= 0.3 is 0 Å². The number of benzene rings is 4. The van der Waals surface area contributed by atoms with Crippen LogP contribution in [0.5, 0.6) is 0 Å². The molecule has 4 rings (SSSR count). The van der Waals surface area contributed by atoms with Crippen LogP contribution in [0.1, 0.15) is 11.1 Å². The second kappa shape index (κ2) is 12.1. The molecule has 170 valence electrons. The van der Waals surface area contributed by atoms with Crippen molar-refractivity contribution in [3.8, 4) is 0 Å². The van der Waals surface area contributed by atoms with E-state index in [2.05, 4.69) is 10.6 Å². The van der Waals surface area contributed by atoms with Gasteiger partial charge in [0.25, 0.3) is 0 Å². The molecular weight excluding hydrogens is 460 g/mol. The second-order valence-corrected chi connectivity index (χ2v) is 9.91. The van der Waals surface area contributed by atoms with Crippen LogP contribution in [-0.2, 0) is 22.4 Å². The van der Waals surface area contributed by atoms with Crippen molar-refractivity contribution in [3.05, 3.63) is 120 Å². The molecule has 34 heavy (non-hydrogen) atoms. The highest BCUT2D eigenvalue weighted by molar-refractivity contribution is 8.76. The lowest BCUT2D eigenvalue weighted by Crippen LogP contribution is -2.14. The van der Waals surface area contributed by atoms with Crippen molar-refractivity contribution in [2.75, 3.05) is 10.6 Å². The Morgan fingerprint density at radius 3 is 1.21 bits per heavy atom. The van der Waals surface area contributed by atoms with Gasteiger partial charge in [-0.25, -0.2) is 0 Å². The summed E-state index contributed by atoms with van der Waals surface area (Å²) < 4.78 is 0. The standard InChI is InChI=1S/C28H24N2O2S2/c31-27(29-23-7-3-1-4-8-23)19-21-11-15-25(16-12-21)33-34-26-17-13-22(14-18-26)20-28(32)30-24-9-5-2-6-10-24/h1-18H,19-20H2,(H,29,31)(H,30,32). The Labute approximate surface area is 207 Å². The van der Waals surface area contributed by atoms with Crippen molar-refractivity contribution in [1.29, 1.82) is 0 Å². The number of carbonyl (C=O) groups is 2. The summed E-state index contributed by atoms with van der Waals surface area (Å²) in [6.45, 7) is 0. The first kappa shape index (κ1) is 23.7. The van der Waals surface area contributed by atoms with E-state index in [9.17, 15) is 9.59 Å². The molecule has 0 atom stereocenters. The highest BCUT2D eigenvalue weighted by Gasteiger charge is 2.06. The van der Waals surface area contributed by atoms with Crippen LogP contribution < -0.4 is 10.6 Å². The fourth-order valence-electron chi connectivity index (χ4n) is 3.25. The summed E-state index contributed by atoms with van der Waals surface area (Å²) in [4.78, 5) is 26.7. The third-order valence-corrected chi connectivity index (χ3v) is 7.34. The van der Waals surface area contributed by atoms with Gasteiger partial charge in [0.2, 0.25) is 11.8 Å². The predicted octanol–water partition coefficient (Wildman–Crippen LogP) is 6.85. The topological polar surface area (TPSA) is 58.2 Å². The lowest BCUT2D eigenvalue weighted by atomic mass is 10.1. The predicted molar refractivity (Wildman–Crippen MR) is 142 cm³/mol. The zero-order valence-corrected chi connectivity index (χ0v) is 20.1. The minimum Gasteiger partial charge on any atom is -0.326 e. The van der Waals surface area contributed by atoms with E-state index in [0.717, 1.165) is 32.3 Å². The molecule has 4 nitrogen and oxygen atoms in total. The van der Waals surface area contributed by atoms with Gasteiger partial charge in [-0.1, -0.05) is 82.3 Å². The normalized spacial score (nSPS) is 10.5. The van der Waals surface area contributed by atoms with Gasteiger partial charge in [0.05, 0.1) is 12.8 Å². The third-order valence-electron chi connectivity index (χ3n) is 4.93. The molecule has 0 aromatic heterocycles. The average Bonchev–Trinajstić information content (AvgIpc) is 2.85. The fraction of sp³-hybridized carbons (Fsp3) is 0.0714. The maximum absolute atomic E-state index is 12.2.